The Bertz CT molecular complexity index is 1040. The molecular weight excluding hydrogens is 382 g/mol. The number of benzene rings is 2. The van der Waals surface area contributed by atoms with Crippen molar-refractivity contribution >= 4 is 23.1 Å². The van der Waals surface area contributed by atoms with E-state index < -0.39 is 4.92 Å². The van der Waals surface area contributed by atoms with Crippen LogP contribution in [0.25, 0.3) is 0 Å². The lowest BCUT2D eigenvalue weighted by Crippen LogP contribution is -2.32. The lowest BCUT2D eigenvalue weighted by molar-refractivity contribution is -0.384. The highest BCUT2D eigenvalue weighted by atomic mass is 16.6. The average Bonchev–Trinajstić information content (AvgIpc) is 3.05. The van der Waals surface area contributed by atoms with Crippen LogP contribution in [0.2, 0.25) is 0 Å². The van der Waals surface area contributed by atoms with E-state index in [4.69, 9.17) is 0 Å². The average molecular weight is 403 g/mol. The number of nitrogens with zero attached hydrogens (tertiary/aromatic N) is 5. The molecule has 0 amide bonds. The predicted octanol–water partition coefficient (Wildman–Crippen LogP) is 3.33. The van der Waals surface area contributed by atoms with E-state index in [0.717, 1.165) is 13.0 Å². The van der Waals surface area contributed by atoms with Gasteiger partial charge in [-0.05, 0) is 24.6 Å². The van der Waals surface area contributed by atoms with E-state index in [1.54, 1.807) is 54.9 Å². The fourth-order valence-electron chi connectivity index (χ4n) is 3.65. The summed E-state index contributed by atoms with van der Waals surface area (Å²) in [6.07, 6.45) is 4.23. The molecule has 1 aliphatic rings. The molecule has 0 N–H and O–H groups in total. The van der Waals surface area contributed by atoms with Crippen molar-refractivity contribution in [3.05, 3.63) is 88.2 Å². The lowest BCUT2D eigenvalue weighted by Gasteiger charge is -2.23. The summed E-state index contributed by atoms with van der Waals surface area (Å²) in [5.41, 5.74) is 1.29. The van der Waals surface area contributed by atoms with E-state index in [1.807, 2.05) is 11.0 Å². The van der Waals surface area contributed by atoms with Gasteiger partial charge in [0.05, 0.1) is 4.92 Å². The van der Waals surface area contributed by atoms with E-state index in [1.165, 1.54) is 6.07 Å². The number of hydrogen-bond acceptors (Lipinski definition) is 7. The van der Waals surface area contributed by atoms with Gasteiger partial charge in [0.1, 0.15) is 5.69 Å². The highest BCUT2D eigenvalue weighted by Gasteiger charge is 2.25. The number of nitro benzene ring substituents is 1. The van der Waals surface area contributed by atoms with E-state index in [0.29, 0.717) is 42.4 Å². The van der Waals surface area contributed by atoms with E-state index in [9.17, 15) is 14.9 Å². The van der Waals surface area contributed by atoms with Crippen LogP contribution >= 0.6 is 0 Å². The molecule has 8 nitrogen and oxygen atoms in total. The summed E-state index contributed by atoms with van der Waals surface area (Å²) in [7, 11) is 0. The van der Waals surface area contributed by atoms with Crippen molar-refractivity contribution in [3.8, 4) is 0 Å². The second-order valence-corrected chi connectivity index (χ2v) is 7.03. The Morgan fingerprint density at radius 1 is 0.867 bits per heavy atom. The Kier molecular flexibility index (Phi) is 5.65. The molecule has 30 heavy (non-hydrogen) atoms. The van der Waals surface area contributed by atoms with Gasteiger partial charge < -0.3 is 9.80 Å². The molecule has 8 heteroatoms. The predicted molar refractivity (Wildman–Crippen MR) is 114 cm³/mol. The number of carbonyl (C=O) groups is 1. The maximum Gasteiger partial charge on any atom is 0.293 e. The number of rotatable bonds is 5. The van der Waals surface area contributed by atoms with Crippen molar-refractivity contribution in [2.75, 3.05) is 36.0 Å². The van der Waals surface area contributed by atoms with Crippen LogP contribution in [0.3, 0.4) is 0 Å². The van der Waals surface area contributed by atoms with Gasteiger partial charge in [0.25, 0.3) is 5.69 Å². The van der Waals surface area contributed by atoms with Crippen LogP contribution in [-0.2, 0) is 0 Å². The van der Waals surface area contributed by atoms with Gasteiger partial charge in [-0.2, -0.15) is 0 Å². The molecule has 3 aromatic rings. The first kappa shape index (κ1) is 19.5. The normalized spacial score (nSPS) is 14.3. The van der Waals surface area contributed by atoms with Gasteiger partial charge in [-0.1, -0.05) is 30.3 Å². The van der Waals surface area contributed by atoms with E-state index in [2.05, 4.69) is 14.9 Å². The largest absolute Gasteiger partial charge is 0.364 e. The molecule has 0 unspecified atom stereocenters. The molecule has 1 aromatic heterocycles. The molecule has 1 saturated heterocycles. The zero-order chi connectivity index (χ0) is 20.9. The van der Waals surface area contributed by atoms with Gasteiger partial charge in [0, 0.05) is 55.8 Å². The fraction of sp³-hybridized carbons (Fsp3) is 0.227. The number of carbonyl (C=O) groups excluding carboxylic acids is 1. The quantitative estimate of drug-likeness (QED) is 0.366. The molecule has 152 valence electrons. The minimum absolute atomic E-state index is 0.0545. The maximum absolute atomic E-state index is 12.7. The van der Waals surface area contributed by atoms with Crippen molar-refractivity contribution in [1.82, 2.24) is 9.97 Å². The van der Waals surface area contributed by atoms with Crippen LogP contribution < -0.4 is 9.80 Å². The van der Waals surface area contributed by atoms with Gasteiger partial charge in [-0.25, -0.2) is 9.97 Å². The third kappa shape index (κ3) is 4.12. The zero-order valence-electron chi connectivity index (χ0n) is 16.3. The summed E-state index contributed by atoms with van der Waals surface area (Å²) in [6.45, 7) is 2.71. The summed E-state index contributed by atoms with van der Waals surface area (Å²) < 4.78 is 0. The second-order valence-electron chi connectivity index (χ2n) is 7.03. The van der Waals surface area contributed by atoms with Gasteiger partial charge in [0.2, 0.25) is 5.95 Å². The van der Waals surface area contributed by atoms with Gasteiger partial charge in [0.15, 0.2) is 5.78 Å². The van der Waals surface area contributed by atoms with Crippen molar-refractivity contribution in [2.45, 2.75) is 6.42 Å². The van der Waals surface area contributed by atoms with Crippen LogP contribution in [-0.4, -0.2) is 46.9 Å². The monoisotopic (exact) mass is 403 g/mol. The second kappa shape index (κ2) is 8.69. The third-order valence-electron chi connectivity index (χ3n) is 5.14. The first-order valence-electron chi connectivity index (χ1n) is 9.78. The molecule has 1 fully saturated rings. The van der Waals surface area contributed by atoms with Crippen molar-refractivity contribution in [3.63, 3.8) is 0 Å². The molecule has 0 spiro atoms. The SMILES string of the molecule is O=C(c1ccccc1)c1ccc(N2CCCN(c3ncccn3)CC2)c([N+](=O)[O-])c1. The molecule has 0 aliphatic carbocycles. The highest BCUT2D eigenvalue weighted by Crippen LogP contribution is 2.31. The van der Waals surface area contributed by atoms with Gasteiger partial charge in [-0.3, -0.25) is 14.9 Å². The molecule has 0 atom stereocenters. The number of hydrogen-bond donors (Lipinski definition) is 0. The highest BCUT2D eigenvalue weighted by molar-refractivity contribution is 6.09. The van der Waals surface area contributed by atoms with Crippen molar-refractivity contribution in [2.24, 2.45) is 0 Å². The summed E-state index contributed by atoms with van der Waals surface area (Å²) in [5.74, 6) is 0.436. The van der Waals surface area contributed by atoms with Crippen LogP contribution in [0.15, 0.2) is 67.0 Å². The van der Waals surface area contributed by atoms with Crippen molar-refractivity contribution < 1.29 is 9.72 Å². The van der Waals surface area contributed by atoms with Gasteiger partial charge in [-0.15, -0.1) is 0 Å². The Balaban J connectivity index is 1.58. The standard InChI is InChI=1S/C22H21N5O3/c28-21(17-6-2-1-3-7-17)18-8-9-19(20(16-18)27(29)30)25-12-5-13-26(15-14-25)22-23-10-4-11-24-22/h1-4,6-11,16H,5,12-15H2. The van der Waals surface area contributed by atoms with Crippen LogP contribution in [0.1, 0.15) is 22.3 Å². The Morgan fingerprint density at radius 2 is 1.57 bits per heavy atom. The molecule has 2 aromatic carbocycles. The summed E-state index contributed by atoms with van der Waals surface area (Å²) in [6, 6.07) is 15.3. The van der Waals surface area contributed by atoms with Crippen LogP contribution in [0, 0.1) is 10.1 Å². The Labute approximate surface area is 174 Å². The van der Waals surface area contributed by atoms with Gasteiger partial charge >= 0.3 is 0 Å². The van der Waals surface area contributed by atoms with E-state index in [-0.39, 0.29) is 11.5 Å². The number of ketones is 1. The smallest absolute Gasteiger partial charge is 0.293 e. The summed E-state index contributed by atoms with van der Waals surface area (Å²) in [5, 5.41) is 11.8. The molecule has 4 rings (SSSR count). The number of nitro groups is 1. The Hall–Kier alpha value is -3.81. The van der Waals surface area contributed by atoms with Crippen LogP contribution in [0.5, 0.6) is 0 Å². The molecule has 0 bridgehead atoms. The lowest BCUT2D eigenvalue weighted by atomic mass is 10.0. The van der Waals surface area contributed by atoms with Crippen LogP contribution in [0.4, 0.5) is 17.3 Å². The molecule has 0 saturated carbocycles. The number of aromatic nitrogens is 2. The number of anilines is 2. The Morgan fingerprint density at radius 3 is 2.30 bits per heavy atom. The van der Waals surface area contributed by atoms with Crippen molar-refractivity contribution in [1.29, 1.82) is 0 Å². The minimum atomic E-state index is -0.417. The third-order valence-corrected chi connectivity index (χ3v) is 5.14. The minimum Gasteiger partial charge on any atom is -0.364 e. The molecule has 0 radical (unpaired) electrons. The van der Waals surface area contributed by atoms with E-state index >= 15 is 0 Å². The molecule has 2 heterocycles. The fourth-order valence-corrected chi connectivity index (χ4v) is 3.65. The topological polar surface area (TPSA) is 92.5 Å². The maximum atomic E-state index is 12.7. The summed E-state index contributed by atoms with van der Waals surface area (Å²) >= 11 is 0. The molecule has 1 aliphatic heterocycles. The first-order chi connectivity index (χ1) is 14.6. The molecular formula is C22H21N5O3. The summed E-state index contributed by atoms with van der Waals surface area (Å²) in [4.78, 5) is 36.8. The zero-order valence-corrected chi connectivity index (χ0v) is 16.3. The first-order valence-corrected chi connectivity index (χ1v) is 9.78.